The second kappa shape index (κ2) is 6.32. The zero-order valence-electron chi connectivity index (χ0n) is 13.4. The third-order valence-corrected chi connectivity index (χ3v) is 4.61. The lowest BCUT2D eigenvalue weighted by Crippen LogP contribution is -2.55. The van der Waals surface area contributed by atoms with Crippen LogP contribution in [0, 0.1) is 0 Å². The van der Waals surface area contributed by atoms with Gasteiger partial charge in [0.25, 0.3) is 0 Å². The molecule has 4 heteroatoms. The molecular weight excluding hydrogens is 262 g/mol. The van der Waals surface area contributed by atoms with Crippen molar-refractivity contribution in [3.63, 3.8) is 0 Å². The van der Waals surface area contributed by atoms with Crippen LogP contribution in [0.5, 0.6) is 0 Å². The number of piperazine rings is 1. The monoisotopic (exact) mass is 289 g/mol. The second-order valence-corrected chi connectivity index (χ2v) is 6.22. The minimum atomic E-state index is 0.141. The van der Waals surface area contributed by atoms with Gasteiger partial charge in [-0.3, -0.25) is 0 Å². The Labute approximate surface area is 127 Å². The van der Waals surface area contributed by atoms with Crippen molar-refractivity contribution in [1.82, 2.24) is 10.3 Å². The lowest BCUT2D eigenvalue weighted by atomic mass is 10.1. The number of fused-ring (bicyclic) bond motifs is 3. The molecule has 0 aliphatic carbocycles. The summed E-state index contributed by atoms with van der Waals surface area (Å²) in [5.74, 6) is 1.20. The molecule has 1 aromatic heterocycles. The van der Waals surface area contributed by atoms with Crippen LogP contribution in [-0.2, 0) is 11.2 Å². The number of hydrogen-bond acceptors (Lipinski definition) is 4. The SMILES string of the molecule is CCC[C@@H](OCC)c1ccc2c(n1)N1[C@@H](CNC[C@H]1C)C2. The van der Waals surface area contributed by atoms with Gasteiger partial charge >= 0.3 is 0 Å². The summed E-state index contributed by atoms with van der Waals surface area (Å²) in [6.07, 6.45) is 3.42. The van der Waals surface area contributed by atoms with E-state index in [2.05, 4.69) is 43.1 Å². The highest BCUT2D eigenvalue weighted by Gasteiger charge is 2.36. The fraction of sp³-hybridized carbons (Fsp3) is 0.706. The standard InChI is InChI=1S/C17H27N3O/c1-4-6-16(21-5-2)15-8-7-13-9-14-11-18-10-12(3)20(14)17(13)19-15/h7-8,12,14,16,18H,4-6,9-11H2,1-3H3/t12-,14-,16-/m1/s1. The summed E-state index contributed by atoms with van der Waals surface area (Å²) in [6.45, 7) is 9.41. The average Bonchev–Trinajstić information content (AvgIpc) is 2.86. The molecule has 1 N–H and O–H groups in total. The first-order chi connectivity index (χ1) is 10.2. The summed E-state index contributed by atoms with van der Waals surface area (Å²) in [5, 5.41) is 3.52. The number of nitrogens with one attached hydrogen (secondary N) is 1. The fourth-order valence-electron chi connectivity index (χ4n) is 3.66. The van der Waals surface area contributed by atoms with Gasteiger partial charge in [0.2, 0.25) is 0 Å². The van der Waals surface area contributed by atoms with E-state index in [0.29, 0.717) is 12.1 Å². The first-order valence-corrected chi connectivity index (χ1v) is 8.35. The molecule has 0 saturated carbocycles. The van der Waals surface area contributed by atoms with Crippen molar-refractivity contribution in [3.8, 4) is 0 Å². The van der Waals surface area contributed by atoms with Gasteiger partial charge in [0.05, 0.1) is 11.8 Å². The van der Waals surface area contributed by atoms with Crippen LogP contribution in [0.25, 0.3) is 0 Å². The van der Waals surface area contributed by atoms with Crippen molar-refractivity contribution in [2.24, 2.45) is 0 Å². The Hall–Kier alpha value is -1.13. The Morgan fingerprint density at radius 2 is 2.24 bits per heavy atom. The van der Waals surface area contributed by atoms with Crippen LogP contribution in [0.3, 0.4) is 0 Å². The Morgan fingerprint density at radius 1 is 1.38 bits per heavy atom. The third-order valence-electron chi connectivity index (χ3n) is 4.61. The van der Waals surface area contributed by atoms with Crippen molar-refractivity contribution in [3.05, 3.63) is 23.4 Å². The van der Waals surface area contributed by atoms with Crippen LogP contribution in [0.1, 0.15) is 51.0 Å². The average molecular weight is 289 g/mol. The van der Waals surface area contributed by atoms with Crippen LogP contribution < -0.4 is 10.2 Å². The largest absolute Gasteiger partial charge is 0.372 e. The highest BCUT2D eigenvalue weighted by Crippen LogP contribution is 2.35. The topological polar surface area (TPSA) is 37.4 Å². The van der Waals surface area contributed by atoms with Crippen molar-refractivity contribution in [2.75, 3.05) is 24.6 Å². The molecule has 0 aromatic carbocycles. The normalized spacial score (nSPS) is 25.6. The summed E-state index contributed by atoms with van der Waals surface area (Å²) in [5.41, 5.74) is 2.50. The van der Waals surface area contributed by atoms with Gasteiger partial charge in [-0.25, -0.2) is 4.98 Å². The quantitative estimate of drug-likeness (QED) is 0.904. The Kier molecular flexibility index (Phi) is 4.45. The fourth-order valence-corrected chi connectivity index (χ4v) is 3.66. The highest BCUT2D eigenvalue weighted by molar-refractivity contribution is 5.56. The van der Waals surface area contributed by atoms with Gasteiger partial charge in [0, 0.05) is 31.8 Å². The molecule has 0 spiro atoms. The molecule has 21 heavy (non-hydrogen) atoms. The maximum absolute atomic E-state index is 5.90. The van der Waals surface area contributed by atoms with Gasteiger partial charge < -0.3 is 15.0 Å². The molecule has 0 bridgehead atoms. The van der Waals surface area contributed by atoms with E-state index in [9.17, 15) is 0 Å². The molecule has 0 radical (unpaired) electrons. The van der Waals surface area contributed by atoms with Crippen molar-refractivity contribution >= 4 is 5.82 Å². The summed E-state index contributed by atoms with van der Waals surface area (Å²) >= 11 is 0. The van der Waals surface area contributed by atoms with E-state index in [1.165, 1.54) is 11.4 Å². The summed E-state index contributed by atoms with van der Waals surface area (Å²) < 4.78 is 5.90. The van der Waals surface area contributed by atoms with Crippen molar-refractivity contribution in [2.45, 2.75) is 58.2 Å². The van der Waals surface area contributed by atoms with Gasteiger partial charge in [-0.15, -0.1) is 0 Å². The first kappa shape index (κ1) is 14.8. The number of nitrogens with zero attached hydrogens (tertiary/aromatic N) is 2. The Bertz CT molecular complexity index is 485. The molecule has 0 amide bonds. The summed E-state index contributed by atoms with van der Waals surface area (Å²) in [4.78, 5) is 7.52. The number of pyridine rings is 1. The lowest BCUT2D eigenvalue weighted by molar-refractivity contribution is 0.0527. The Balaban J connectivity index is 1.89. The van der Waals surface area contributed by atoms with E-state index >= 15 is 0 Å². The molecule has 3 rings (SSSR count). The second-order valence-electron chi connectivity index (χ2n) is 6.22. The van der Waals surface area contributed by atoms with Crippen LogP contribution in [0.15, 0.2) is 12.1 Å². The summed E-state index contributed by atoms with van der Waals surface area (Å²) in [6, 6.07) is 5.53. The zero-order chi connectivity index (χ0) is 14.8. The zero-order valence-corrected chi connectivity index (χ0v) is 13.4. The van der Waals surface area contributed by atoms with E-state index in [-0.39, 0.29) is 6.10 Å². The number of ether oxygens (including phenoxy) is 1. The van der Waals surface area contributed by atoms with Gasteiger partial charge in [0.1, 0.15) is 5.82 Å². The van der Waals surface area contributed by atoms with E-state index < -0.39 is 0 Å². The van der Waals surface area contributed by atoms with Gasteiger partial charge in [-0.2, -0.15) is 0 Å². The predicted molar refractivity (Wildman–Crippen MR) is 85.8 cm³/mol. The van der Waals surface area contributed by atoms with Crippen LogP contribution in [0.4, 0.5) is 5.82 Å². The van der Waals surface area contributed by atoms with Crippen LogP contribution >= 0.6 is 0 Å². The van der Waals surface area contributed by atoms with Crippen molar-refractivity contribution in [1.29, 1.82) is 0 Å². The molecule has 4 nitrogen and oxygen atoms in total. The number of rotatable bonds is 5. The molecule has 0 unspecified atom stereocenters. The molecular formula is C17H27N3O. The molecule has 2 aliphatic rings. The molecule has 2 aliphatic heterocycles. The molecule has 116 valence electrons. The minimum absolute atomic E-state index is 0.141. The number of anilines is 1. The lowest BCUT2D eigenvalue weighted by Gasteiger charge is -2.38. The smallest absolute Gasteiger partial charge is 0.132 e. The first-order valence-electron chi connectivity index (χ1n) is 8.35. The van der Waals surface area contributed by atoms with Gasteiger partial charge in [-0.1, -0.05) is 19.4 Å². The summed E-state index contributed by atoms with van der Waals surface area (Å²) in [7, 11) is 0. The van der Waals surface area contributed by atoms with Crippen molar-refractivity contribution < 1.29 is 4.74 Å². The third kappa shape index (κ3) is 2.79. The Morgan fingerprint density at radius 3 is 3.00 bits per heavy atom. The maximum atomic E-state index is 5.90. The molecule has 3 heterocycles. The van der Waals surface area contributed by atoms with Gasteiger partial charge in [-0.05, 0) is 38.3 Å². The number of aromatic nitrogens is 1. The van der Waals surface area contributed by atoms with E-state index in [1.54, 1.807) is 0 Å². The minimum Gasteiger partial charge on any atom is -0.372 e. The molecule has 1 aromatic rings. The van der Waals surface area contributed by atoms with E-state index in [1.807, 2.05) is 0 Å². The van der Waals surface area contributed by atoms with E-state index in [0.717, 1.165) is 44.7 Å². The molecule has 3 atom stereocenters. The van der Waals surface area contributed by atoms with E-state index in [4.69, 9.17) is 9.72 Å². The van der Waals surface area contributed by atoms with Crippen LogP contribution in [-0.4, -0.2) is 36.8 Å². The number of hydrogen-bond donors (Lipinski definition) is 1. The van der Waals surface area contributed by atoms with Gasteiger partial charge in [0.15, 0.2) is 0 Å². The van der Waals surface area contributed by atoms with Crippen LogP contribution in [0.2, 0.25) is 0 Å². The maximum Gasteiger partial charge on any atom is 0.132 e. The molecule has 1 saturated heterocycles. The highest BCUT2D eigenvalue weighted by atomic mass is 16.5. The molecule has 1 fully saturated rings. The predicted octanol–water partition coefficient (Wildman–Crippen LogP) is 2.68.